The van der Waals surface area contributed by atoms with Crippen LogP contribution in [0, 0.1) is 5.92 Å². The molecule has 2 heterocycles. The molecule has 2 aromatic heterocycles. The van der Waals surface area contributed by atoms with Gasteiger partial charge in [-0.05, 0) is 23.9 Å². The molecule has 0 saturated heterocycles. The second kappa shape index (κ2) is 6.58. The molecular formula is C11H16ClN7O. The van der Waals surface area contributed by atoms with Crippen LogP contribution in [0.15, 0.2) is 12.7 Å². The molecule has 0 aliphatic carbocycles. The summed E-state index contributed by atoms with van der Waals surface area (Å²) in [6.07, 6.45) is 3.63. The molecule has 0 radical (unpaired) electrons. The van der Waals surface area contributed by atoms with Gasteiger partial charge in [0.2, 0.25) is 11.2 Å². The first-order valence-corrected chi connectivity index (χ1v) is 6.60. The van der Waals surface area contributed by atoms with Gasteiger partial charge in [0.05, 0.1) is 12.6 Å². The van der Waals surface area contributed by atoms with Crippen LogP contribution in [-0.4, -0.2) is 47.5 Å². The van der Waals surface area contributed by atoms with Crippen molar-refractivity contribution in [3.8, 4) is 5.95 Å². The van der Waals surface area contributed by atoms with Gasteiger partial charge >= 0.3 is 0 Å². The Bertz CT molecular complexity index is 546. The maximum absolute atomic E-state index is 9.36. The van der Waals surface area contributed by atoms with Crippen LogP contribution in [0.1, 0.15) is 20.3 Å². The zero-order chi connectivity index (χ0) is 14.5. The fourth-order valence-corrected chi connectivity index (χ4v) is 1.90. The van der Waals surface area contributed by atoms with Gasteiger partial charge < -0.3 is 10.4 Å². The molecule has 0 amide bonds. The summed E-state index contributed by atoms with van der Waals surface area (Å²) < 4.78 is 1.38. The molecule has 0 saturated carbocycles. The van der Waals surface area contributed by atoms with E-state index in [9.17, 15) is 5.11 Å². The highest BCUT2D eigenvalue weighted by Crippen LogP contribution is 2.12. The predicted molar refractivity (Wildman–Crippen MR) is 73.7 cm³/mol. The smallest absolute Gasteiger partial charge is 0.258 e. The van der Waals surface area contributed by atoms with Crippen LogP contribution in [-0.2, 0) is 0 Å². The molecule has 0 bridgehead atoms. The van der Waals surface area contributed by atoms with E-state index in [0.717, 1.165) is 6.42 Å². The zero-order valence-corrected chi connectivity index (χ0v) is 12.0. The van der Waals surface area contributed by atoms with Gasteiger partial charge in [0.25, 0.3) is 5.95 Å². The normalized spacial score (nSPS) is 12.7. The number of hydrogen-bond acceptors (Lipinski definition) is 7. The van der Waals surface area contributed by atoms with E-state index in [-0.39, 0.29) is 23.9 Å². The molecule has 0 aromatic carbocycles. The number of rotatable bonds is 6. The van der Waals surface area contributed by atoms with Gasteiger partial charge in [0.1, 0.15) is 12.7 Å². The average Bonchev–Trinajstić information content (AvgIpc) is 2.90. The number of hydrogen-bond donors (Lipinski definition) is 2. The number of aromatic nitrogens is 6. The summed E-state index contributed by atoms with van der Waals surface area (Å²) in [5, 5.41) is 16.4. The van der Waals surface area contributed by atoms with Crippen molar-refractivity contribution in [1.29, 1.82) is 0 Å². The lowest BCUT2D eigenvalue weighted by Gasteiger charge is -2.18. The van der Waals surface area contributed by atoms with Crippen LogP contribution >= 0.6 is 11.6 Å². The van der Waals surface area contributed by atoms with Crippen molar-refractivity contribution in [2.45, 2.75) is 26.3 Å². The molecule has 8 nitrogen and oxygen atoms in total. The van der Waals surface area contributed by atoms with Gasteiger partial charge in [-0.1, -0.05) is 13.8 Å². The van der Waals surface area contributed by atoms with Crippen LogP contribution in [0.5, 0.6) is 0 Å². The van der Waals surface area contributed by atoms with Crippen LogP contribution in [0.3, 0.4) is 0 Å². The van der Waals surface area contributed by atoms with E-state index in [4.69, 9.17) is 11.6 Å². The van der Waals surface area contributed by atoms with Gasteiger partial charge in [-0.15, -0.1) is 0 Å². The first-order chi connectivity index (χ1) is 9.58. The molecule has 2 N–H and O–H groups in total. The number of anilines is 1. The van der Waals surface area contributed by atoms with E-state index in [0.29, 0.717) is 11.9 Å². The number of aliphatic hydroxyl groups excluding tert-OH is 1. The summed E-state index contributed by atoms with van der Waals surface area (Å²) in [7, 11) is 0. The Kier molecular flexibility index (Phi) is 4.80. The Hall–Kier alpha value is -1.80. The minimum absolute atomic E-state index is 0.0137. The average molecular weight is 298 g/mol. The summed E-state index contributed by atoms with van der Waals surface area (Å²) in [6.45, 7) is 4.14. The Morgan fingerprint density at radius 2 is 2.15 bits per heavy atom. The SMILES string of the molecule is CC(C)CC(CO)Nc1nc(Cl)nc(-n2cncn2)n1. The summed E-state index contributed by atoms with van der Waals surface area (Å²) in [4.78, 5) is 16.0. The fraction of sp³-hybridized carbons (Fsp3) is 0.545. The second-order valence-corrected chi connectivity index (χ2v) is 5.06. The maximum atomic E-state index is 9.36. The molecule has 0 aliphatic rings. The molecule has 9 heteroatoms. The Morgan fingerprint density at radius 3 is 2.75 bits per heavy atom. The van der Waals surface area contributed by atoms with Crippen molar-refractivity contribution >= 4 is 17.5 Å². The molecule has 2 aromatic rings. The standard InChI is InChI=1S/C11H16ClN7O/c1-7(2)3-8(4-20)15-10-16-9(12)17-11(18-10)19-6-13-5-14-19/h5-8,20H,3-4H2,1-2H3,(H,15,16,17,18). The predicted octanol–water partition coefficient (Wildman–Crippen LogP) is 0.925. The minimum atomic E-state index is -0.142. The molecule has 1 atom stereocenters. The van der Waals surface area contributed by atoms with Crippen LogP contribution in [0.2, 0.25) is 5.28 Å². The Balaban J connectivity index is 2.19. The summed E-state index contributed by atoms with van der Waals surface area (Å²) >= 11 is 5.87. The van der Waals surface area contributed by atoms with Gasteiger partial charge in [-0.2, -0.15) is 24.7 Å². The molecule has 0 fully saturated rings. The third kappa shape index (κ3) is 3.84. The molecule has 0 spiro atoms. The van der Waals surface area contributed by atoms with Gasteiger partial charge in [0, 0.05) is 0 Å². The number of aliphatic hydroxyl groups is 1. The van der Waals surface area contributed by atoms with E-state index in [1.54, 1.807) is 0 Å². The van der Waals surface area contributed by atoms with E-state index in [2.05, 4.69) is 44.2 Å². The van der Waals surface area contributed by atoms with E-state index < -0.39 is 0 Å². The van der Waals surface area contributed by atoms with E-state index in [1.165, 1.54) is 17.3 Å². The molecule has 108 valence electrons. The minimum Gasteiger partial charge on any atom is -0.394 e. The summed E-state index contributed by atoms with van der Waals surface area (Å²) in [6, 6.07) is -0.142. The topological polar surface area (TPSA) is 102 Å². The van der Waals surface area contributed by atoms with E-state index >= 15 is 0 Å². The largest absolute Gasteiger partial charge is 0.394 e. The monoisotopic (exact) mass is 297 g/mol. The lowest BCUT2D eigenvalue weighted by atomic mass is 10.0. The van der Waals surface area contributed by atoms with Gasteiger partial charge in [-0.25, -0.2) is 4.98 Å². The maximum Gasteiger partial charge on any atom is 0.258 e. The van der Waals surface area contributed by atoms with Gasteiger partial charge in [0.15, 0.2) is 0 Å². The number of nitrogens with zero attached hydrogens (tertiary/aromatic N) is 6. The molecule has 2 rings (SSSR count). The molecule has 0 aliphatic heterocycles. The zero-order valence-electron chi connectivity index (χ0n) is 11.2. The van der Waals surface area contributed by atoms with Crippen molar-refractivity contribution in [3.05, 3.63) is 17.9 Å². The second-order valence-electron chi connectivity index (χ2n) is 4.72. The number of halogens is 1. The first kappa shape index (κ1) is 14.6. The fourth-order valence-electron chi connectivity index (χ4n) is 1.75. The van der Waals surface area contributed by atoms with Gasteiger partial charge in [-0.3, -0.25) is 0 Å². The summed E-state index contributed by atoms with van der Waals surface area (Å²) in [5.74, 6) is 1.01. The molecule has 20 heavy (non-hydrogen) atoms. The first-order valence-electron chi connectivity index (χ1n) is 6.22. The van der Waals surface area contributed by atoms with Crippen molar-refractivity contribution in [2.24, 2.45) is 5.92 Å². The lowest BCUT2D eigenvalue weighted by molar-refractivity contribution is 0.259. The Labute approximate surface area is 121 Å². The highest BCUT2D eigenvalue weighted by atomic mass is 35.5. The molecular weight excluding hydrogens is 282 g/mol. The van der Waals surface area contributed by atoms with Crippen LogP contribution in [0.4, 0.5) is 5.95 Å². The summed E-state index contributed by atoms with van der Waals surface area (Å²) in [5.41, 5.74) is 0. The number of nitrogens with one attached hydrogen (secondary N) is 1. The third-order valence-corrected chi connectivity index (χ3v) is 2.70. The van der Waals surface area contributed by atoms with Crippen LogP contribution in [0.25, 0.3) is 5.95 Å². The van der Waals surface area contributed by atoms with E-state index in [1.807, 2.05) is 0 Å². The lowest BCUT2D eigenvalue weighted by Crippen LogP contribution is -2.27. The highest BCUT2D eigenvalue weighted by Gasteiger charge is 2.13. The van der Waals surface area contributed by atoms with Crippen molar-refractivity contribution in [3.63, 3.8) is 0 Å². The quantitative estimate of drug-likeness (QED) is 0.817. The van der Waals surface area contributed by atoms with Crippen LogP contribution < -0.4 is 5.32 Å². The van der Waals surface area contributed by atoms with Crippen molar-refractivity contribution in [2.75, 3.05) is 11.9 Å². The Morgan fingerprint density at radius 1 is 1.35 bits per heavy atom. The molecule has 1 unspecified atom stereocenters. The highest BCUT2D eigenvalue weighted by molar-refractivity contribution is 6.28. The van der Waals surface area contributed by atoms with Crippen molar-refractivity contribution in [1.82, 2.24) is 29.7 Å². The third-order valence-electron chi connectivity index (χ3n) is 2.53. The van der Waals surface area contributed by atoms with Crippen molar-refractivity contribution < 1.29 is 5.11 Å².